The lowest BCUT2D eigenvalue weighted by atomic mass is 10.1. The van der Waals surface area contributed by atoms with Crippen LogP contribution in [0.15, 0.2) is 78.0 Å². The number of aromatic nitrogens is 4. The quantitative estimate of drug-likeness (QED) is 0.476. The largest absolute Gasteiger partial charge is 0.344 e. The van der Waals surface area contributed by atoms with Crippen LogP contribution < -0.4 is 4.72 Å². The summed E-state index contributed by atoms with van der Waals surface area (Å²) in [7, 11) is -1.81. The third kappa shape index (κ3) is 2.94. The zero-order chi connectivity index (χ0) is 20.0. The number of hydrogen-bond donors (Lipinski definition) is 2. The second-order valence-corrected chi connectivity index (χ2v) is 8.45. The molecule has 0 atom stereocenters. The van der Waals surface area contributed by atoms with E-state index in [1.807, 2.05) is 49.5 Å². The molecule has 0 aliphatic heterocycles. The number of H-pyrrole nitrogens is 1. The van der Waals surface area contributed by atoms with E-state index in [0.717, 1.165) is 27.4 Å². The lowest BCUT2D eigenvalue weighted by Gasteiger charge is -2.06. The molecule has 0 fully saturated rings. The highest BCUT2D eigenvalue weighted by Gasteiger charge is 2.18. The molecule has 0 aliphatic rings. The molecule has 0 spiro atoms. The second kappa shape index (κ2) is 6.46. The van der Waals surface area contributed by atoms with Gasteiger partial charge in [-0.3, -0.25) is 14.8 Å². The van der Waals surface area contributed by atoms with Crippen LogP contribution in [0.1, 0.15) is 0 Å². The van der Waals surface area contributed by atoms with Crippen molar-refractivity contribution in [1.29, 1.82) is 0 Å². The van der Waals surface area contributed by atoms with Crippen LogP contribution in [0, 0.1) is 0 Å². The Labute approximate surface area is 167 Å². The maximum Gasteiger partial charge on any atom is 0.263 e. The van der Waals surface area contributed by atoms with E-state index in [2.05, 4.69) is 24.5 Å². The molecule has 0 radical (unpaired) electrons. The van der Waals surface area contributed by atoms with E-state index in [0.29, 0.717) is 5.69 Å². The number of fused-ring (bicyclic) bond motifs is 3. The van der Waals surface area contributed by atoms with Crippen LogP contribution >= 0.6 is 0 Å². The number of rotatable bonds is 4. The summed E-state index contributed by atoms with van der Waals surface area (Å²) >= 11 is 0. The Hall–Kier alpha value is -3.65. The monoisotopic (exact) mass is 403 g/mol. The molecular weight excluding hydrogens is 386 g/mol. The fraction of sp³-hybridized carbons (Fsp3) is 0.0476. The summed E-state index contributed by atoms with van der Waals surface area (Å²) in [6.45, 7) is 0. The van der Waals surface area contributed by atoms with Gasteiger partial charge >= 0.3 is 0 Å². The van der Waals surface area contributed by atoms with E-state index in [9.17, 15) is 8.42 Å². The number of anilines is 1. The van der Waals surface area contributed by atoms with E-state index >= 15 is 0 Å². The average Bonchev–Trinajstić information content (AvgIpc) is 3.32. The molecule has 144 valence electrons. The van der Waals surface area contributed by atoms with E-state index in [1.54, 1.807) is 30.6 Å². The van der Waals surface area contributed by atoms with Crippen LogP contribution in [0.5, 0.6) is 0 Å². The lowest BCUT2D eigenvalue weighted by molar-refractivity contribution is 0.601. The Bertz CT molecular complexity index is 1450. The first-order valence-corrected chi connectivity index (χ1v) is 10.5. The Kier molecular flexibility index (Phi) is 3.88. The molecule has 0 bridgehead atoms. The highest BCUT2D eigenvalue weighted by atomic mass is 32.2. The molecule has 5 rings (SSSR count). The van der Waals surface area contributed by atoms with Crippen molar-refractivity contribution in [1.82, 2.24) is 19.7 Å². The van der Waals surface area contributed by atoms with Gasteiger partial charge < -0.3 is 4.57 Å². The molecule has 5 aromatic rings. The molecule has 29 heavy (non-hydrogen) atoms. The van der Waals surface area contributed by atoms with Gasteiger partial charge in [-0.2, -0.15) is 5.10 Å². The topological polar surface area (TPSA) is 92.7 Å². The fourth-order valence-corrected chi connectivity index (χ4v) is 4.58. The molecule has 0 amide bonds. The molecular formula is C21H17N5O2S. The van der Waals surface area contributed by atoms with Crippen molar-refractivity contribution in [3.05, 3.63) is 73.1 Å². The van der Waals surface area contributed by atoms with Gasteiger partial charge in [-0.1, -0.05) is 18.2 Å². The first-order valence-electron chi connectivity index (χ1n) is 8.99. The summed E-state index contributed by atoms with van der Waals surface area (Å²) in [6, 6.07) is 18.4. The van der Waals surface area contributed by atoms with Gasteiger partial charge in [-0.05, 0) is 36.4 Å². The van der Waals surface area contributed by atoms with E-state index in [-0.39, 0.29) is 10.7 Å². The molecule has 3 aromatic heterocycles. The molecule has 8 heteroatoms. The Morgan fingerprint density at radius 1 is 0.931 bits per heavy atom. The summed E-state index contributed by atoms with van der Waals surface area (Å²) < 4.78 is 30.5. The summed E-state index contributed by atoms with van der Waals surface area (Å²) in [4.78, 5) is 4.17. The number of benzene rings is 2. The first-order chi connectivity index (χ1) is 14.0. The molecule has 7 nitrogen and oxygen atoms in total. The summed E-state index contributed by atoms with van der Waals surface area (Å²) in [5.74, 6) is 0.231. The van der Waals surface area contributed by atoms with Crippen LogP contribution in [0.3, 0.4) is 0 Å². The van der Waals surface area contributed by atoms with Crippen molar-refractivity contribution in [3.63, 3.8) is 0 Å². The van der Waals surface area contributed by atoms with Gasteiger partial charge in [-0.25, -0.2) is 8.42 Å². The molecule has 0 aliphatic carbocycles. The zero-order valence-corrected chi connectivity index (χ0v) is 16.3. The van der Waals surface area contributed by atoms with Gasteiger partial charge in [0.15, 0.2) is 5.82 Å². The van der Waals surface area contributed by atoms with Gasteiger partial charge in [0, 0.05) is 52.9 Å². The van der Waals surface area contributed by atoms with Crippen molar-refractivity contribution in [3.8, 4) is 11.3 Å². The predicted molar refractivity (Wildman–Crippen MR) is 113 cm³/mol. The van der Waals surface area contributed by atoms with Crippen LogP contribution in [0.4, 0.5) is 5.82 Å². The van der Waals surface area contributed by atoms with Gasteiger partial charge in [0.05, 0.1) is 10.6 Å². The van der Waals surface area contributed by atoms with Gasteiger partial charge in [-0.15, -0.1) is 0 Å². The van der Waals surface area contributed by atoms with Gasteiger partial charge in [0.1, 0.15) is 0 Å². The second-order valence-electron chi connectivity index (χ2n) is 6.76. The Morgan fingerprint density at radius 2 is 1.69 bits per heavy atom. The number of aryl methyl sites for hydroxylation is 1. The minimum Gasteiger partial charge on any atom is -0.344 e. The number of sulfonamides is 1. The predicted octanol–water partition coefficient (Wildman–Crippen LogP) is 3.92. The smallest absolute Gasteiger partial charge is 0.263 e. The van der Waals surface area contributed by atoms with E-state index in [1.165, 1.54) is 0 Å². The number of pyridine rings is 1. The van der Waals surface area contributed by atoms with Crippen LogP contribution in [-0.4, -0.2) is 28.2 Å². The number of hydrogen-bond acceptors (Lipinski definition) is 4. The summed E-state index contributed by atoms with van der Waals surface area (Å²) in [5.41, 5.74) is 3.61. The molecule has 0 saturated carbocycles. The van der Waals surface area contributed by atoms with Gasteiger partial charge in [0.2, 0.25) is 0 Å². The number of para-hydroxylation sites is 1. The highest BCUT2D eigenvalue weighted by molar-refractivity contribution is 7.92. The van der Waals surface area contributed by atoms with Crippen molar-refractivity contribution in [2.75, 3.05) is 4.72 Å². The van der Waals surface area contributed by atoms with E-state index in [4.69, 9.17) is 0 Å². The Morgan fingerprint density at radius 3 is 2.52 bits per heavy atom. The molecule has 0 unspecified atom stereocenters. The third-order valence-corrected chi connectivity index (χ3v) is 6.36. The third-order valence-electron chi connectivity index (χ3n) is 5.00. The molecule has 2 N–H and O–H groups in total. The highest BCUT2D eigenvalue weighted by Crippen LogP contribution is 2.30. The molecule has 0 saturated heterocycles. The van der Waals surface area contributed by atoms with Crippen LogP contribution in [-0.2, 0) is 17.1 Å². The molecule has 2 aromatic carbocycles. The number of aromatic amines is 1. The SMILES string of the molecule is Cn1c2ccccc2c2cc(S(=O)(=O)Nc3cc(-c4ccncc4)[nH]n3)ccc21. The summed E-state index contributed by atoms with van der Waals surface area (Å²) in [6.07, 6.45) is 3.33. The molecule has 3 heterocycles. The van der Waals surface area contributed by atoms with Crippen molar-refractivity contribution < 1.29 is 8.42 Å². The first kappa shape index (κ1) is 17.4. The number of nitrogens with one attached hydrogen (secondary N) is 2. The lowest BCUT2D eigenvalue weighted by Crippen LogP contribution is -2.13. The van der Waals surface area contributed by atoms with Crippen molar-refractivity contribution >= 4 is 37.6 Å². The normalized spacial score (nSPS) is 11.9. The van der Waals surface area contributed by atoms with E-state index < -0.39 is 10.0 Å². The average molecular weight is 403 g/mol. The Balaban J connectivity index is 1.52. The number of nitrogens with zero attached hydrogens (tertiary/aromatic N) is 3. The van der Waals surface area contributed by atoms with Gasteiger partial charge in [0.25, 0.3) is 10.0 Å². The van der Waals surface area contributed by atoms with Crippen molar-refractivity contribution in [2.24, 2.45) is 7.05 Å². The fourth-order valence-electron chi connectivity index (χ4n) is 3.56. The van der Waals surface area contributed by atoms with Crippen LogP contribution in [0.25, 0.3) is 33.1 Å². The van der Waals surface area contributed by atoms with Crippen molar-refractivity contribution in [2.45, 2.75) is 4.90 Å². The minimum atomic E-state index is -3.79. The standard InChI is InChI=1S/C21H17N5O2S/c1-26-19-5-3-2-4-16(19)17-12-15(6-7-20(17)26)29(27,28)25-21-13-18(23-24-21)14-8-10-22-11-9-14/h2-13H,1H3,(H2,23,24,25). The summed E-state index contributed by atoms with van der Waals surface area (Å²) in [5, 5.41) is 8.83. The maximum absolute atomic E-state index is 13.0. The minimum absolute atomic E-state index is 0.190. The zero-order valence-electron chi connectivity index (χ0n) is 15.5. The maximum atomic E-state index is 13.0. The van der Waals surface area contributed by atoms with Crippen LogP contribution in [0.2, 0.25) is 0 Å².